The van der Waals surface area contributed by atoms with Crippen LogP contribution in [-0.4, -0.2) is 20.9 Å². The van der Waals surface area contributed by atoms with E-state index in [0.29, 0.717) is 0 Å². The van der Waals surface area contributed by atoms with Gasteiger partial charge in [0.15, 0.2) is 21.2 Å². The second-order valence-electron chi connectivity index (χ2n) is 3.85. The van der Waals surface area contributed by atoms with E-state index in [2.05, 4.69) is 0 Å². The summed E-state index contributed by atoms with van der Waals surface area (Å²) in [6.07, 6.45) is 0. The number of aromatic carboxylic acids is 1. The fourth-order valence-corrected chi connectivity index (χ4v) is 3.27. The third-order valence-electron chi connectivity index (χ3n) is 2.76. The highest BCUT2D eigenvalue weighted by Crippen LogP contribution is 2.37. The minimum atomic E-state index is -2.14. The minimum absolute atomic E-state index is 0.0483. The maximum atomic E-state index is 11.3. The van der Waals surface area contributed by atoms with Gasteiger partial charge < -0.3 is 5.11 Å². The van der Waals surface area contributed by atoms with E-state index in [1.165, 1.54) is 12.1 Å². The van der Waals surface area contributed by atoms with E-state index >= 15 is 0 Å². The van der Waals surface area contributed by atoms with Gasteiger partial charge in [0, 0.05) is 17.5 Å². The van der Waals surface area contributed by atoms with Gasteiger partial charge in [0.05, 0.1) is 20.8 Å². The van der Waals surface area contributed by atoms with Crippen LogP contribution < -0.4 is 0 Å². The van der Waals surface area contributed by atoms with Gasteiger partial charge in [0.1, 0.15) is 3.57 Å². The highest BCUT2D eigenvalue weighted by atomic mass is 127. The van der Waals surface area contributed by atoms with Crippen LogP contribution in [0.2, 0.25) is 0 Å². The van der Waals surface area contributed by atoms with Gasteiger partial charge in [-0.05, 0) is 0 Å². The molecule has 0 radical (unpaired) electrons. The molecule has 10 heteroatoms. The number of nitrogens with zero attached hydrogens (tertiary/aromatic N) is 2. The topological polar surface area (TPSA) is 141 Å². The smallest absolute Gasteiger partial charge is 0.337 e. The van der Waals surface area contributed by atoms with E-state index in [4.69, 9.17) is 0 Å². The molecule has 21 heavy (non-hydrogen) atoms. The molecule has 108 valence electrons. The Morgan fingerprint density at radius 2 is 1.71 bits per heavy atom. The van der Waals surface area contributed by atoms with Crippen molar-refractivity contribution in [3.8, 4) is 0 Å². The molecule has 0 spiro atoms. The van der Waals surface area contributed by atoms with Crippen molar-refractivity contribution >= 4 is 49.3 Å². The summed E-state index contributed by atoms with van der Waals surface area (Å²) in [5.74, 6) is -1.52. The van der Waals surface area contributed by atoms with E-state index in [1.54, 1.807) is 0 Å². The van der Waals surface area contributed by atoms with Crippen molar-refractivity contribution < 1.29 is 22.8 Å². The molecule has 0 fully saturated rings. The fraction of sp³-hybridized carbons (Fsp3) is 0. The number of nitro groups is 2. The molecule has 2 rings (SSSR count). The first-order chi connectivity index (χ1) is 9.88. The number of carboxylic acids is 1. The summed E-state index contributed by atoms with van der Waals surface area (Å²) in [5.41, 5.74) is -1.66. The van der Waals surface area contributed by atoms with Gasteiger partial charge in [-0.2, -0.15) is 0 Å². The summed E-state index contributed by atoms with van der Waals surface area (Å²) in [6, 6.07) is 4.57. The largest absolute Gasteiger partial charge is 0.478 e. The number of carboxylic acid groups (broad SMARTS) is 1. The zero-order chi connectivity index (χ0) is 15.7. The molecule has 0 saturated heterocycles. The molecule has 0 aliphatic heterocycles. The number of carbonyl (C=O) groups is 1. The van der Waals surface area contributed by atoms with Gasteiger partial charge in [0.25, 0.3) is 11.4 Å². The van der Waals surface area contributed by atoms with E-state index in [0.717, 1.165) is 12.1 Å². The van der Waals surface area contributed by atoms with Crippen molar-refractivity contribution in [3.05, 3.63) is 53.6 Å². The number of hydrogen-bond acceptors (Lipinski definition) is 6. The summed E-state index contributed by atoms with van der Waals surface area (Å²) in [7, 11) is 0. The van der Waals surface area contributed by atoms with Crippen LogP contribution in [0.5, 0.6) is 0 Å². The van der Waals surface area contributed by atoms with Crippen LogP contribution in [0.3, 0.4) is 0 Å². The monoisotopic (exact) mass is 404 g/mol. The van der Waals surface area contributed by atoms with E-state index in [1.807, 2.05) is 0 Å². The van der Waals surface area contributed by atoms with Crippen LogP contribution in [0.1, 0.15) is 10.4 Å². The van der Waals surface area contributed by atoms with Crippen molar-refractivity contribution in [2.75, 3.05) is 0 Å². The lowest BCUT2D eigenvalue weighted by Gasteiger charge is -2.06. The van der Waals surface area contributed by atoms with E-state index in [9.17, 15) is 33.2 Å². The zero-order valence-corrected chi connectivity index (χ0v) is 12.1. The Morgan fingerprint density at radius 1 is 1.10 bits per heavy atom. The van der Waals surface area contributed by atoms with Gasteiger partial charge in [-0.15, -0.1) is 0 Å². The lowest BCUT2D eigenvalue weighted by Crippen LogP contribution is -2.05. The Balaban J connectivity index is 3.10. The summed E-state index contributed by atoms with van der Waals surface area (Å²) in [6.45, 7) is 0. The molecule has 0 atom stereocenters. The van der Waals surface area contributed by atoms with Gasteiger partial charge in [-0.3, -0.25) is 23.3 Å². The van der Waals surface area contributed by atoms with Crippen molar-refractivity contribution in [1.82, 2.24) is 0 Å². The third-order valence-corrected chi connectivity index (χ3v) is 4.29. The van der Waals surface area contributed by atoms with Crippen LogP contribution in [-0.2, 0) is 3.07 Å². The lowest BCUT2D eigenvalue weighted by molar-refractivity contribution is -0.386. The predicted octanol–water partition coefficient (Wildman–Crippen LogP) is 2.84. The highest BCUT2D eigenvalue weighted by Gasteiger charge is 2.28. The maximum Gasteiger partial charge on any atom is 0.337 e. The molecule has 0 unspecified atom stereocenters. The van der Waals surface area contributed by atoms with Crippen LogP contribution in [0.15, 0.2) is 24.3 Å². The number of fused-ring (bicyclic) bond motifs is 1. The molecule has 2 aromatic carbocycles. The summed E-state index contributed by atoms with van der Waals surface area (Å²) in [5, 5.41) is 31.0. The number of halogens is 1. The van der Waals surface area contributed by atoms with Gasteiger partial charge in [-0.1, -0.05) is 12.1 Å². The van der Waals surface area contributed by atoms with Crippen LogP contribution in [0.25, 0.3) is 10.8 Å². The molecule has 0 aromatic heterocycles. The Kier molecular flexibility index (Phi) is 3.88. The van der Waals surface area contributed by atoms with Gasteiger partial charge in [0.2, 0.25) is 0 Å². The van der Waals surface area contributed by atoms with Gasteiger partial charge in [-0.25, -0.2) is 4.79 Å². The number of rotatable bonds is 4. The predicted molar refractivity (Wildman–Crippen MR) is 77.6 cm³/mol. The molecule has 0 aliphatic rings. The van der Waals surface area contributed by atoms with Crippen molar-refractivity contribution in [3.63, 3.8) is 0 Å². The van der Waals surface area contributed by atoms with E-state index in [-0.39, 0.29) is 14.3 Å². The quantitative estimate of drug-likeness (QED) is 0.469. The normalized spacial score (nSPS) is 10.5. The second-order valence-corrected chi connectivity index (χ2v) is 5.37. The molecule has 1 N–H and O–H groups in total. The Hall–Kier alpha value is -2.50. The lowest BCUT2D eigenvalue weighted by atomic mass is 10.0. The highest BCUT2D eigenvalue weighted by molar-refractivity contribution is 14.1. The van der Waals surface area contributed by atoms with Gasteiger partial charge >= 0.3 is 5.97 Å². The number of benzene rings is 2. The maximum absolute atomic E-state index is 11.3. The first-order valence-corrected chi connectivity index (χ1v) is 7.23. The Bertz CT molecular complexity index is 818. The standard InChI is InChI=1S/C11H5IN2O7/c15-11(16)9-5-2-1-3-7(13(18)19)6(5)4-8(14(20)21)10(9)12-17/h1-4H,(H,15,16). The second kappa shape index (κ2) is 5.47. The first kappa shape index (κ1) is 14.9. The minimum Gasteiger partial charge on any atom is -0.478 e. The Morgan fingerprint density at radius 3 is 2.19 bits per heavy atom. The third kappa shape index (κ3) is 2.44. The summed E-state index contributed by atoms with van der Waals surface area (Å²) < 4.78 is 10.9. The van der Waals surface area contributed by atoms with Crippen molar-refractivity contribution in [1.29, 1.82) is 0 Å². The molecular formula is C11H5IN2O7. The summed E-state index contributed by atoms with van der Waals surface area (Å²) >= 11 is -2.14. The van der Waals surface area contributed by atoms with Crippen LogP contribution in [0.4, 0.5) is 11.4 Å². The SMILES string of the molecule is O=Ic1c([N+](=O)[O-])cc2c([N+](=O)[O-])cccc2c1C(=O)O. The number of non-ortho nitro benzene ring substituents is 1. The summed E-state index contributed by atoms with van der Waals surface area (Å²) in [4.78, 5) is 31.7. The van der Waals surface area contributed by atoms with Crippen LogP contribution >= 0.6 is 21.2 Å². The number of nitro benzene ring substituents is 2. The fourth-order valence-electron chi connectivity index (χ4n) is 1.95. The molecule has 9 nitrogen and oxygen atoms in total. The van der Waals surface area contributed by atoms with E-state index < -0.39 is 53.9 Å². The molecular weight excluding hydrogens is 399 g/mol. The molecule has 2 aromatic rings. The van der Waals surface area contributed by atoms with Crippen molar-refractivity contribution in [2.45, 2.75) is 0 Å². The van der Waals surface area contributed by atoms with Crippen molar-refractivity contribution in [2.24, 2.45) is 0 Å². The molecule has 0 heterocycles. The molecule has 0 saturated carbocycles. The number of hydrogen-bond donors (Lipinski definition) is 1. The average molecular weight is 404 g/mol. The van der Waals surface area contributed by atoms with Crippen LogP contribution in [0, 0.1) is 23.8 Å². The molecule has 0 bridgehead atoms. The zero-order valence-electron chi connectivity index (χ0n) is 9.98. The molecule has 0 amide bonds. The average Bonchev–Trinajstić information content (AvgIpc) is 2.43. The first-order valence-electron chi connectivity index (χ1n) is 5.27. The Labute approximate surface area is 126 Å². The molecule has 0 aliphatic carbocycles.